The number of rotatable bonds is 3. The zero-order chi connectivity index (χ0) is 13.2. The van der Waals surface area contributed by atoms with E-state index in [-0.39, 0.29) is 5.56 Å². The molecule has 0 radical (unpaired) electrons. The van der Waals surface area contributed by atoms with Crippen LogP contribution in [0.4, 0.5) is 5.69 Å². The normalized spacial score (nSPS) is 10.9. The Morgan fingerprint density at radius 2 is 2.12 bits per heavy atom. The zero-order valence-corrected chi connectivity index (χ0v) is 9.70. The lowest BCUT2D eigenvalue weighted by atomic mass is 10.1. The highest BCUT2D eigenvalue weighted by Crippen LogP contribution is 2.31. The average molecular weight is 277 g/mol. The number of nitro groups is 1. The second-order valence-electron chi connectivity index (χ2n) is 2.90. The van der Waals surface area contributed by atoms with Crippen molar-refractivity contribution in [1.82, 2.24) is 0 Å². The van der Waals surface area contributed by atoms with Crippen LogP contribution in [0.1, 0.15) is 11.1 Å². The van der Waals surface area contributed by atoms with Gasteiger partial charge in [-0.15, -0.1) is 0 Å². The summed E-state index contributed by atoms with van der Waals surface area (Å²) in [6.07, 6.45) is 0. The van der Waals surface area contributed by atoms with Crippen molar-refractivity contribution in [2.45, 2.75) is 11.5 Å². The predicted octanol–water partition coefficient (Wildman–Crippen LogP) is 0.886. The summed E-state index contributed by atoms with van der Waals surface area (Å²) in [4.78, 5) is 9.05. The van der Waals surface area contributed by atoms with E-state index >= 15 is 0 Å². The fraction of sp³-hybridized carbons (Fsp3) is 0.125. The van der Waals surface area contributed by atoms with Gasteiger partial charge in [0, 0.05) is 16.7 Å². The highest BCUT2D eigenvalue weighted by molar-refractivity contribution is 8.13. The molecule has 0 aromatic heterocycles. The van der Waals surface area contributed by atoms with E-state index in [1.165, 1.54) is 0 Å². The average Bonchev–Trinajstić information content (AvgIpc) is 2.25. The summed E-state index contributed by atoms with van der Waals surface area (Å²) in [5.41, 5.74) is -1.45. The van der Waals surface area contributed by atoms with Gasteiger partial charge in [-0.05, 0) is 6.07 Å². The van der Waals surface area contributed by atoms with E-state index < -0.39 is 36.7 Å². The Balaban J connectivity index is 3.82. The number of hydrogen-bond acceptors (Lipinski definition) is 6. The molecule has 0 aliphatic heterocycles. The Kier molecular flexibility index (Phi) is 3.67. The molecule has 0 atom stereocenters. The van der Waals surface area contributed by atoms with Crippen molar-refractivity contribution in [3.8, 4) is 6.07 Å². The molecule has 1 N–H and O–H groups in total. The number of halogens is 1. The minimum absolute atomic E-state index is 0.352. The third kappa shape index (κ3) is 2.52. The van der Waals surface area contributed by atoms with E-state index in [2.05, 4.69) is 0 Å². The summed E-state index contributed by atoms with van der Waals surface area (Å²) in [5.74, 6) is 0. The second-order valence-corrected chi connectivity index (χ2v) is 5.41. The number of nitrogens with zero attached hydrogens (tertiary/aromatic N) is 2. The van der Waals surface area contributed by atoms with Crippen LogP contribution in [0.15, 0.2) is 17.0 Å². The standard InChI is InChI=1S/C8H5ClN2O5S/c9-17(15,16)8-5(3-10)1-2-7(11(13)14)6(8)4-12/h1-2,12H,4H2. The molecule has 1 aromatic carbocycles. The predicted molar refractivity (Wildman–Crippen MR) is 56.8 cm³/mol. The smallest absolute Gasteiger partial charge is 0.276 e. The quantitative estimate of drug-likeness (QED) is 0.497. The Morgan fingerprint density at radius 3 is 2.47 bits per heavy atom. The fourth-order valence-electron chi connectivity index (χ4n) is 1.31. The summed E-state index contributed by atoms with van der Waals surface area (Å²) in [7, 11) is 0.731. The van der Waals surface area contributed by atoms with Gasteiger partial charge in [-0.3, -0.25) is 10.1 Å². The Morgan fingerprint density at radius 1 is 1.53 bits per heavy atom. The van der Waals surface area contributed by atoms with Crippen LogP contribution in [0.25, 0.3) is 0 Å². The first-order valence-electron chi connectivity index (χ1n) is 4.08. The van der Waals surface area contributed by atoms with Crippen molar-refractivity contribution in [3.63, 3.8) is 0 Å². The van der Waals surface area contributed by atoms with E-state index in [0.29, 0.717) is 0 Å². The lowest BCUT2D eigenvalue weighted by molar-refractivity contribution is -0.386. The zero-order valence-electron chi connectivity index (χ0n) is 8.12. The molecular formula is C8H5ClN2O5S. The van der Waals surface area contributed by atoms with Gasteiger partial charge >= 0.3 is 0 Å². The van der Waals surface area contributed by atoms with E-state index in [1.54, 1.807) is 6.07 Å². The SMILES string of the molecule is N#Cc1ccc([N+](=O)[O-])c(CO)c1S(=O)(=O)Cl. The molecule has 7 nitrogen and oxygen atoms in total. The summed E-state index contributed by atoms with van der Waals surface area (Å²) < 4.78 is 22.5. The Labute approximate surface area is 100 Å². The first-order valence-corrected chi connectivity index (χ1v) is 6.39. The molecule has 0 aliphatic carbocycles. The van der Waals surface area contributed by atoms with E-state index in [1.807, 2.05) is 0 Å². The molecule has 0 saturated heterocycles. The van der Waals surface area contributed by atoms with Crippen LogP contribution in [-0.2, 0) is 15.7 Å². The van der Waals surface area contributed by atoms with Crippen LogP contribution in [0.5, 0.6) is 0 Å². The molecule has 1 aromatic rings. The number of aliphatic hydroxyl groups is 1. The lowest BCUT2D eigenvalue weighted by Gasteiger charge is -2.06. The van der Waals surface area contributed by atoms with Gasteiger partial charge in [0.2, 0.25) is 0 Å². The van der Waals surface area contributed by atoms with Gasteiger partial charge in [0.25, 0.3) is 14.7 Å². The molecule has 0 heterocycles. The molecule has 17 heavy (non-hydrogen) atoms. The maximum atomic E-state index is 11.2. The topological polar surface area (TPSA) is 121 Å². The van der Waals surface area contributed by atoms with Gasteiger partial charge in [-0.2, -0.15) is 5.26 Å². The number of benzene rings is 1. The summed E-state index contributed by atoms with van der Waals surface area (Å²) >= 11 is 0. The number of nitro benzene ring substituents is 1. The van der Waals surface area contributed by atoms with Crippen molar-refractivity contribution in [2.24, 2.45) is 0 Å². The summed E-state index contributed by atoms with van der Waals surface area (Å²) in [6, 6.07) is 3.45. The van der Waals surface area contributed by atoms with Gasteiger partial charge in [0.15, 0.2) is 0 Å². The largest absolute Gasteiger partial charge is 0.391 e. The molecule has 0 bridgehead atoms. The van der Waals surface area contributed by atoms with Crippen molar-refractivity contribution in [3.05, 3.63) is 33.4 Å². The number of nitriles is 1. The third-order valence-corrected chi connectivity index (χ3v) is 3.37. The van der Waals surface area contributed by atoms with Crippen LogP contribution in [0, 0.1) is 21.4 Å². The molecule has 0 amide bonds. The highest BCUT2D eigenvalue weighted by Gasteiger charge is 2.27. The molecule has 0 aliphatic rings. The van der Waals surface area contributed by atoms with Crippen molar-refractivity contribution in [1.29, 1.82) is 5.26 Å². The molecular weight excluding hydrogens is 272 g/mol. The molecule has 0 spiro atoms. The van der Waals surface area contributed by atoms with Crippen LogP contribution in [-0.4, -0.2) is 18.4 Å². The van der Waals surface area contributed by atoms with E-state index in [0.717, 1.165) is 12.1 Å². The molecule has 0 unspecified atom stereocenters. The maximum absolute atomic E-state index is 11.2. The van der Waals surface area contributed by atoms with Gasteiger partial charge in [-0.1, -0.05) is 0 Å². The van der Waals surface area contributed by atoms with Crippen LogP contribution >= 0.6 is 10.7 Å². The first-order chi connectivity index (χ1) is 7.82. The van der Waals surface area contributed by atoms with Gasteiger partial charge in [-0.25, -0.2) is 8.42 Å². The van der Waals surface area contributed by atoms with Gasteiger partial charge in [0.1, 0.15) is 11.0 Å². The maximum Gasteiger partial charge on any atom is 0.276 e. The first kappa shape index (κ1) is 13.4. The minimum atomic E-state index is -4.36. The van der Waals surface area contributed by atoms with Crippen LogP contribution < -0.4 is 0 Å². The molecule has 90 valence electrons. The fourth-order valence-corrected chi connectivity index (χ4v) is 2.68. The Hall–Kier alpha value is -1.69. The van der Waals surface area contributed by atoms with Crippen molar-refractivity contribution < 1.29 is 18.4 Å². The van der Waals surface area contributed by atoms with Crippen LogP contribution in [0.2, 0.25) is 0 Å². The monoisotopic (exact) mass is 276 g/mol. The molecule has 0 saturated carbocycles. The van der Waals surface area contributed by atoms with Gasteiger partial charge in [0.05, 0.1) is 22.7 Å². The van der Waals surface area contributed by atoms with E-state index in [4.69, 9.17) is 21.1 Å². The second kappa shape index (κ2) is 4.67. The van der Waals surface area contributed by atoms with E-state index in [9.17, 15) is 18.5 Å². The highest BCUT2D eigenvalue weighted by atomic mass is 35.7. The lowest BCUT2D eigenvalue weighted by Crippen LogP contribution is -2.05. The number of hydrogen-bond donors (Lipinski definition) is 1. The minimum Gasteiger partial charge on any atom is -0.391 e. The molecule has 1 rings (SSSR count). The summed E-state index contributed by atoms with van der Waals surface area (Å²) in [5, 5.41) is 28.3. The van der Waals surface area contributed by atoms with Crippen molar-refractivity contribution in [2.75, 3.05) is 0 Å². The Bertz CT molecular complexity index is 620. The number of aliphatic hydroxyl groups excluding tert-OH is 1. The van der Waals surface area contributed by atoms with Gasteiger partial charge < -0.3 is 5.11 Å². The molecule has 9 heteroatoms. The third-order valence-electron chi connectivity index (χ3n) is 1.95. The van der Waals surface area contributed by atoms with Crippen LogP contribution in [0.3, 0.4) is 0 Å². The summed E-state index contributed by atoms with van der Waals surface area (Å²) in [6.45, 7) is -0.910. The van der Waals surface area contributed by atoms with Crippen molar-refractivity contribution >= 4 is 25.4 Å². The molecule has 0 fully saturated rings.